The number of rotatable bonds is 8. The van der Waals surface area contributed by atoms with Crippen LogP contribution in [0.2, 0.25) is 0 Å². The van der Waals surface area contributed by atoms with Gasteiger partial charge in [0.1, 0.15) is 5.82 Å². The number of hydrogen-bond acceptors (Lipinski definition) is 3. The van der Waals surface area contributed by atoms with Crippen LogP contribution in [0.4, 0.5) is 4.39 Å². The molecular formula is C35H40FN5O. The van der Waals surface area contributed by atoms with Gasteiger partial charge in [0, 0.05) is 56.8 Å². The zero-order valence-corrected chi connectivity index (χ0v) is 25.3. The maximum absolute atomic E-state index is 14.4. The standard InChI is InChI=1S/C35H40FN5O/c1-24(2)39(6)34(42)30-21-28(36)11-12-32(30)41-23-31(29-13-17-38-22-33(29)41)26-15-19-40(20-16-26)18-14-25-7-9-27(10-8-25)35(3,4)37-5/h7-13,17,21-24,26H,14-16,18-20H2,1-4,6H3. The van der Waals surface area contributed by atoms with Crippen molar-refractivity contribution in [3.05, 3.63) is 107 Å². The number of fused-ring (bicyclic) bond motifs is 1. The van der Waals surface area contributed by atoms with Crippen LogP contribution in [0.5, 0.6) is 0 Å². The van der Waals surface area contributed by atoms with Gasteiger partial charge in [0.05, 0.1) is 23.0 Å². The average molecular weight is 566 g/mol. The van der Waals surface area contributed by atoms with Crippen LogP contribution in [0, 0.1) is 12.4 Å². The Bertz CT molecular complexity index is 1610. The third kappa shape index (κ3) is 5.96. The summed E-state index contributed by atoms with van der Waals surface area (Å²) in [5.41, 5.74) is 5.06. The molecule has 2 aromatic carbocycles. The Morgan fingerprint density at radius 2 is 1.86 bits per heavy atom. The summed E-state index contributed by atoms with van der Waals surface area (Å²) in [5, 5.41) is 1.13. The summed E-state index contributed by atoms with van der Waals surface area (Å²) in [4.78, 5) is 25.7. The summed E-state index contributed by atoms with van der Waals surface area (Å²) in [5.74, 6) is -0.241. The number of piperidine rings is 1. The van der Waals surface area contributed by atoms with Crippen LogP contribution in [0.25, 0.3) is 21.4 Å². The Morgan fingerprint density at radius 3 is 2.52 bits per heavy atom. The molecule has 0 atom stereocenters. The Kier molecular flexibility index (Phi) is 8.47. The predicted molar refractivity (Wildman–Crippen MR) is 166 cm³/mol. The number of benzene rings is 2. The fraction of sp³-hybridized carbons (Fsp3) is 0.400. The second-order valence-electron chi connectivity index (χ2n) is 12.3. The lowest BCUT2D eigenvalue weighted by molar-refractivity contribution is 0.0754. The fourth-order valence-corrected chi connectivity index (χ4v) is 5.84. The summed E-state index contributed by atoms with van der Waals surface area (Å²) in [6.45, 7) is 18.3. The van der Waals surface area contributed by atoms with E-state index in [1.54, 1.807) is 18.0 Å². The quantitative estimate of drug-likeness (QED) is 0.212. The summed E-state index contributed by atoms with van der Waals surface area (Å²) in [6.07, 6.45) is 8.87. The van der Waals surface area contributed by atoms with E-state index in [-0.39, 0.29) is 11.9 Å². The van der Waals surface area contributed by atoms with Crippen LogP contribution in [-0.4, -0.2) is 58.0 Å². The first-order valence-corrected chi connectivity index (χ1v) is 14.8. The highest BCUT2D eigenvalue weighted by molar-refractivity contribution is 5.99. The lowest BCUT2D eigenvalue weighted by Gasteiger charge is -2.32. The highest BCUT2D eigenvalue weighted by Crippen LogP contribution is 2.36. The molecule has 42 heavy (non-hydrogen) atoms. The van der Waals surface area contributed by atoms with Crippen molar-refractivity contribution in [2.45, 2.75) is 64.5 Å². The number of aromatic nitrogens is 2. The molecule has 0 unspecified atom stereocenters. The zero-order valence-electron chi connectivity index (χ0n) is 25.3. The fourth-order valence-electron chi connectivity index (χ4n) is 5.84. The van der Waals surface area contributed by atoms with Crippen LogP contribution in [0.3, 0.4) is 0 Å². The molecule has 1 amide bonds. The van der Waals surface area contributed by atoms with E-state index >= 15 is 0 Å². The van der Waals surface area contributed by atoms with Crippen LogP contribution in [0.1, 0.15) is 73.5 Å². The predicted octanol–water partition coefficient (Wildman–Crippen LogP) is 7.22. The van der Waals surface area contributed by atoms with Crippen molar-refractivity contribution in [3.63, 3.8) is 0 Å². The minimum absolute atomic E-state index is 0.00592. The highest BCUT2D eigenvalue weighted by Gasteiger charge is 2.27. The van der Waals surface area contributed by atoms with Gasteiger partial charge in [-0.2, -0.15) is 0 Å². The lowest BCUT2D eigenvalue weighted by Crippen LogP contribution is -2.34. The normalized spacial score (nSPS) is 14.8. The number of hydrogen-bond donors (Lipinski definition) is 0. The molecule has 0 spiro atoms. The first kappa shape index (κ1) is 29.5. The largest absolute Gasteiger partial charge is 0.339 e. The van der Waals surface area contributed by atoms with Crippen LogP contribution in [-0.2, 0) is 12.0 Å². The van der Waals surface area contributed by atoms with Gasteiger partial charge in [-0.05, 0) is 87.5 Å². The van der Waals surface area contributed by atoms with Crippen LogP contribution >= 0.6 is 0 Å². The Labute approximate surface area is 248 Å². The van der Waals surface area contributed by atoms with Crippen molar-refractivity contribution < 1.29 is 9.18 Å². The van der Waals surface area contributed by atoms with Gasteiger partial charge in [-0.1, -0.05) is 24.3 Å². The molecule has 0 radical (unpaired) electrons. The Hall–Kier alpha value is -4.02. The van der Waals surface area contributed by atoms with Gasteiger partial charge in [0.15, 0.2) is 0 Å². The number of halogens is 1. The summed E-state index contributed by atoms with van der Waals surface area (Å²) < 4.78 is 16.4. The van der Waals surface area contributed by atoms with E-state index in [4.69, 9.17) is 6.57 Å². The van der Waals surface area contributed by atoms with Gasteiger partial charge in [0.2, 0.25) is 0 Å². The molecular weight excluding hydrogens is 525 g/mol. The van der Waals surface area contributed by atoms with Gasteiger partial charge in [-0.3, -0.25) is 9.78 Å². The molecule has 0 N–H and O–H groups in total. The summed E-state index contributed by atoms with van der Waals surface area (Å²) in [6, 6.07) is 15.0. The molecule has 0 aliphatic carbocycles. The number of carbonyl (C=O) groups excluding carboxylic acids is 1. The van der Waals surface area contributed by atoms with Crippen LogP contribution in [0.15, 0.2) is 67.1 Å². The van der Waals surface area contributed by atoms with E-state index in [9.17, 15) is 9.18 Å². The monoisotopic (exact) mass is 565 g/mol. The first-order valence-electron chi connectivity index (χ1n) is 14.8. The average Bonchev–Trinajstić information content (AvgIpc) is 3.39. The third-order valence-electron chi connectivity index (χ3n) is 8.87. The molecule has 7 heteroatoms. The van der Waals surface area contributed by atoms with Gasteiger partial charge in [0.25, 0.3) is 11.4 Å². The Balaban J connectivity index is 1.33. The molecule has 1 aliphatic heterocycles. The van der Waals surface area contributed by atoms with Gasteiger partial charge >= 0.3 is 0 Å². The number of pyridine rings is 1. The van der Waals surface area contributed by atoms with E-state index in [2.05, 4.69) is 51.3 Å². The van der Waals surface area contributed by atoms with Crippen molar-refractivity contribution >= 4 is 16.8 Å². The topological polar surface area (TPSA) is 45.7 Å². The zero-order chi connectivity index (χ0) is 30.0. The molecule has 4 aromatic rings. The summed E-state index contributed by atoms with van der Waals surface area (Å²) >= 11 is 0. The number of amides is 1. The molecule has 218 valence electrons. The van der Waals surface area contributed by atoms with Crippen molar-refractivity contribution in [1.82, 2.24) is 19.4 Å². The molecule has 2 aromatic heterocycles. The third-order valence-corrected chi connectivity index (χ3v) is 8.87. The lowest BCUT2D eigenvalue weighted by atomic mass is 9.89. The van der Waals surface area contributed by atoms with Gasteiger partial charge < -0.3 is 19.2 Å². The van der Waals surface area contributed by atoms with Gasteiger partial charge in [-0.25, -0.2) is 11.0 Å². The maximum atomic E-state index is 14.4. The smallest absolute Gasteiger partial charge is 0.256 e. The van der Waals surface area contributed by atoms with Gasteiger partial charge in [-0.15, -0.1) is 0 Å². The summed E-state index contributed by atoms with van der Waals surface area (Å²) in [7, 11) is 1.75. The van der Waals surface area contributed by atoms with Crippen molar-refractivity contribution in [1.29, 1.82) is 0 Å². The molecule has 5 rings (SSSR count). The minimum Gasteiger partial charge on any atom is -0.339 e. The second kappa shape index (κ2) is 12.1. The number of carbonyl (C=O) groups is 1. The van der Waals surface area contributed by atoms with Crippen molar-refractivity contribution in [2.24, 2.45) is 0 Å². The molecule has 6 nitrogen and oxygen atoms in total. The van der Waals surface area contributed by atoms with E-state index in [1.807, 2.05) is 44.7 Å². The molecule has 0 saturated carbocycles. The molecule has 3 heterocycles. The molecule has 1 aliphatic rings. The molecule has 1 fully saturated rings. The van der Waals surface area contributed by atoms with E-state index in [0.29, 0.717) is 17.2 Å². The minimum atomic E-state index is -0.488. The van der Waals surface area contributed by atoms with E-state index in [1.165, 1.54) is 23.3 Å². The van der Waals surface area contributed by atoms with Crippen molar-refractivity contribution in [3.8, 4) is 5.69 Å². The maximum Gasteiger partial charge on any atom is 0.256 e. The first-order chi connectivity index (χ1) is 20.1. The highest BCUT2D eigenvalue weighted by atomic mass is 19.1. The second-order valence-corrected chi connectivity index (χ2v) is 12.3. The van der Waals surface area contributed by atoms with E-state index < -0.39 is 11.4 Å². The number of likely N-dealkylation sites (tertiary alicyclic amines) is 1. The van der Waals surface area contributed by atoms with Crippen molar-refractivity contribution in [2.75, 3.05) is 26.7 Å². The van der Waals surface area contributed by atoms with E-state index in [0.717, 1.165) is 55.4 Å². The number of nitrogens with zero attached hydrogens (tertiary/aromatic N) is 5. The molecule has 1 saturated heterocycles. The molecule has 0 bridgehead atoms. The van der Waals surface area contributed by atoms with Crippen LogP contribution < -0.4 is 0 Å². The Morgan fingerprint density at radius 1 is 1.14 bits per heavy atom. The SMILES string of the molecule is [C-]#[N+]C(C)(C)c1ccc(CCN2CCC(c3cn(-c4ccc(F)cc4C(=O)N(C)C(C)C)c4cnccc34)CC2)cc1.